The third-order valence-corrected chi connectivity index (χ3v) is 3.74. The van der Waals surface area contributed by atoms with E-state index in [1.807, 2.05) is 19.1 Å². The van der Waals surface area contributed by atoms with E-state index in [-0.39, 0.29) is 23.7 Å². The van der Waals surface area contributed by atoms with E-state index >= 15 is 0 Å². The number of aliphatic hydroxyl groups is 1. The van der Waals surface area contributed by atoms with Crippen molar-refractivity contribution >= 4 is 11.6 Å². The second-order valence-corrected chi connectivity index (χ2v) is 5.71. The van der Waals surface area contributed by atoms with Crippen LogP contribution in [0, 0.1) is 0 Å². The fraction of sp³-hybridized carbons (Fsp3) is 0.263. The van der Waals surface area contributed by atoms with Crippen molar-refractivity contribution < 1.29 is 24.9 Å². The minimum absolute atomic E-state index is 0.160. The summed E-state index contributed by atoms with van der Waals surface area (Å²) >= 11 is 0. The van der Waals surface area contributed by atoms with Crippen LogP contribution in [0.1, 0.15) is 36.2 Å². The van der Waals surface area contributed by atoms with Gasteiger partial charge in [0.1, 0.15) is 12.4 Å². The first-order chi connectivity index (χ1) is 12.4. The van der Waals surface area contributed by atoms with Gasteiger partial charge in [0.25, 0.3) is 5.91 Å². The fourth-order valence-corrected chi connectivity index (χ4v) is 2.12. The van der Waals surface area contributed by atoms with E-state index in [1.54, 1.807) is 19.1 Å². The number of carbonyl (C=O) groups excluding carboxylic acids is 1. The fourth-order valence-electron chi connectivity index (χ4n) is 2.12. The minimum atomic E-state index is -0.554. The monoisotopic (exact) mass is 358 g/mol. The topological polar surface area (TPSA) is 111 Å². The molecule has 0 aromatic heterocycles. The normalized spacial score (nSPS) is 12.5. The van der Waals surface area contributed by atoms with Gasteiger partial charge >= 0.3 is 0 Å². The van der Waals surface area contributed by atoms with Gasteiger partial charge in [-0.2, -0.15) is 5.10 Å². The summed E-state index contributed by atoms with van der Waals surface area (Å²) in [6.07, 6.45) is 0.0345. The summed E-state index contributed by atoms with van der Waals surface area (Å²) in [6.45, 7) is 3.75. The van der Waals surface area contributed by atoms with Gasteiger partial charge in [0.2, 0.25) is 0 Å². The van der Waals surface area contributed by atoms with Crippen molar-refractivity contribution in [3.8, 4) is 17.2 Å². The van der Waals surface area contributed by atoms with E-state index < -0.39 is 12.0 Å². The summed E-state index contributed by atoms with van der Waals surface area (Å²) < 4.78 is 5.63. The Balaban J connectivity index is 2.11. The molecule has 0 fully saturated rings. The van der Waals surface area contributed by atoms with Crippen LogP contribution in [-0.4, -0.2) is 39.6 Å². The zero-order chi connectivity index (χ0) is 19.1. The molecule has 138 valence electrons. The van der Waals surface area contributed by atoms with Crippen molar-refractivity contribution in [2.24, 2.45) is 5.10 Å². The van der Waals surface area contributed by atoms with Crippen LogP contribution in [0.2, 0.25) is 0 Å². The predicted molar refractivity (Wildman–Crippen MR) is 97.7 cm³/mol. The number of hydrogen-bond acceptors (Lipinski definition) is 6. The molecule has 0 aliphatic heterocycles. The van der Waals surface area contributed by atoms with E-state index in [2.05, 4.69) is 10.5 Å². The summed E-state index contributed by atoms with van der Waals surface area (Å²) in [6, 6.07) is 10.9. The van der Waals surface area contributed by atoms with Crippen molar-refractivity contribution in [1.82, 2.24) is 5.43 Å². The molecule has 0 saturated carbocycles. The number of phenolic OH excluding ortho intramolecular Hbond substituents is 2. The van der Waals surface area contributed by atoms with Gasteiger partial charge < -0.3 is 20.1 Å². The second-order valence-electron chi connectivity index (χ2n) is 5.71. The standard InChI is InChI=1S/C19H22N2O5/c1-3-14(22)11-26-18-7-5-4-6-15(18)12(2)20-21-19(25)13-8-9-16(23)17(24)10-13/h4-10,14,22-24H,3,11H2,1-2H3,(H,21,25)/b20-12+. The van der Waals surface area contributed by atoms with Gasteiger partial charge in [-0.3, -0.25) is 4.79 Å². The van der Waals surface area contributed by atoms with Crippen molar-refractivity contribution in [1.29, 1.82) is 0 Å². The molecular formula is C19H22N2O5. The highest BCUT2D eigenvalue weighted by Gasteiger charge is 2.11. The number of nitrogens with zero attached hydrogens (tertiary/aromatic N) is 1. The Bertz CT molecular complexity index is 804. The maximum absolute atomic E-state index is 12.1. The quantitative estimate of drug-likeness (QED) is 0.345. The molecule has 1 unspecified atom stereocenters. The Hall–Kier alpha value is -3.06. The number of para-hydroxylation sites is 1. The van der Waals surface area contributed by atoms with Crippen LogP contribution in [0.15, 0.2) is 47.6 Å². The van der Waals surface area contributed by atoms with Crippen LogP contribution < -0.4 is 10.2 Å². The summed E-state index contributed by atoms with van der Waals surface area (Å²) in [5, 5.41) is 32.5. The predicted octanol–water partition coefficient (Wildman–Crippen LogP) is 2.40. The molecule has 0 saturated heterocycles. The maximum atomic E-state index is 12.1. The molecule has 1 amide bonds. The molecule has 0 aliphatic carbocycles. The molecule has 26 heavy (non-hydrogen) atoms. The van der Waals surface area contributed by atoms with E-state index in [1.165, 1.54) is 12.1 Å². The lowest BCUT2D eigenvalue weighted by atomic mass is 10.1. The molecule has 0 aliphatic rings. The Morgan fingerprint density at radius 1 is 1.19 bits per heavy atom. The molecule has 2 aromatic carbocycles. The summed E-state index contributed by atoms with van der Waals surface area (Å²) in [7, 11) is 0. The number of aromatic hydroxyl groups is 2. The third kappa shape index (κ3) is 4.97. The smallest absolute Gasteiger partial charge is 0.271 e. The summed E-state index contributed by atoms with van der Waals surface area (Å²) in [5.74, 6) is -0.662. The van der Waals surface area contributed by atoms with E-state index in [0.29, 0.717) is 23.4 Å². The van der Waals surface area contributed by atoms with Crippen LogP contribution in [0.25, 0.3) is 0 Å². The number of amides is 1. The molecule has 0 radical (unpaired) electrons. The van der Waals surface area contributed by atoms with Crippen LogP contribution in [-0.2, 0) is 0 Å². The number of hydrazone groups is 1. The zero-order valence-corrected chi connectivity index (χ0v) is 14.6. The van der Waals surface area contributed by atoms with Crippen LogP contribution >= 0.6 is 0 Å². The Morgan fingerprint density at radius 3 is 2.62 bits per heavy atom. The number of carbonyl (C=O) groups is 1. The van der Waals surface area contributed by atoms with Gasteiger partial charge in [-0.05, 0) is 43.7 Å². The Morgan fingerprint density at radius 2 is 1.92 bits per heavy atom. The van der Waals surface area contributed by atoms with E-state index in [4.69, 9.17) is 4.74 Å². The highest BCUT2D eigenvalue weighted by Crippen LogP contribution is 2.24. The number of aliphatic hydroxyl groups excluding tert-OH is 1. The van der Waals surface area contributed by atoms with Gasteiger partial charge in [-0.25, -0.2) is 5.43 Å². The lowest BCUT2D eigenvalue weighted by Crippen LogP contribution is -2.20. The van der Waals surface area contributed by atoms with Crippen molar-refractivity contribution in [3.63, 3.8) is 0 Å². The lowest BCUT2D eigenvalue weighted by Gasteiger charge is -2.13. The van der Waals surface area contributed by atoms with Crippen molar-refractivity contribution in [3.05, 3.63) is 53.6 Å². The number of rotatable bonds is 7. The molecule has 1 atom stereocenters. The number of benzene rings is 2. The second kappa shape index (κ2) is 8.87. The molecule has 2 aromatic rings. The van der Waals surface area contributed by atoms with Crippen LogP contribution in [0.4, 0.5) is 0 Å². The van der Waals surface area contributed by atoms with Crippen molar-refractivity contribution in [2.45, 2.75) is 26.4 Å². The maximum Gasteiger partial charge on any atom is 0.271 e. The van der Waals surface area contributed by atoms with Gasteiger partial charge in [-0.1, -0.05) is 19.1 Å². The average Bonchev–Trinajstić information content (AvgIpc) is 2.66. The molecule has 7 heteroatoms. The number of phenols is 2. The molecule has 0 spiro atoms. The molecule has 0 heterocycles. The zero-order valence-electron chi connectivity index (χ0n) is 14.6. The van der Waals surface area contributed by atoms with Gasteiger partial charge in [0.15, 0.2) is 11.5 Å². The Kier molecular flexibility index (Phi) is 6.57. The number of ether oxygens (including phenoxy) is 1. The first-order valence-electron chi connectivity index (χ1n) is 8.19. The molecule has 4 N–H and O–H groups in total. The minimum Gasteiger partial charge on any atom is -0.504 e. The Labute approximate surface area is 151 Å². The van der Waals surface area contributed by atoms with Gasteiger partial charge in [-0.15, -0.1) is 0 Å². The van der Waals surface area contributed by atoms with Gasteiger partial charge in [0, 0.05) is 11.1 Å². The number of hydrogen-bond donors (Lipinski definition) is 4. The van der Waals surface area contributed by atoms with E-state index in [9.17, 15) is 20.1 Å². The summed E-state index contributed by atoms with van der Waals surface area (Å²) in [5.41, 5.74) is 3.76. The van der Waals surface area contributed by atoms with Crippen LogP contribution in [0.5, 0.6) is 17.2 Å². The SMILES string of the molecule is CCC(O)COc1ccccc1/C(C)=N/NC(=O)c1ccc(O)c(O)c1. The molecule has 7 nitrogen and oxygen atoms in total. The highest BCUT2D eigenvalue weighted by molar-refractivity contribution is 6.02. The number of nitrogens with one attached hydrogen (secondary N) is 1. The largest absolute Gasteiger partial charge is 0.504 e. The lowest BCUT2D eigenvalue weighted by molar-refractivity contribution is 0.0954. The third-order valence-electron chi connectivity index (χ3n) is 3.74. The van der Waals surface area contributed by atoms with E-state index in [0.717, 1.165) is 6.07 Å². The van der Waals surface area contributed by atoms with Gasteiger partial charge in [0.05, 0.1) is 11.8 Å². The first-order valence-corrected chi connectivity index (χ1v) is 8.19. The molecular weight excluding hydrogens is 336 g/mol. The summed E-state index contributed by atoms with van der Waals surface area (Å²) in [4.78, 5) is 12.1. The molecule has 0 bridgehead atoms. The molecule has 2 rings (SSSR count). The highest BCUT2D eigenvalue weighted by atomic mass is 16.5. The average molecular weight is 358 g/mol. The van der Waals surface area contributed by atoms with Crippen LogP contribution in [0.3, 0.4) is 0 Å². The first kappa shape index (κ1) is 19.3. The van der Waals surface area contributed by atoms with Crippen molar-refractivity contribution in [2.75, 3.05) is 6.61 Å².